The number of benzene rings is 4. The molecule has 0 radical (unpaired) electrons. The molecule has 0 aromatic heterocycles. The SMILES string of the molecule is CCOc1ccc(/C=C(\NC(=O)c2ccccc2)C(=O)Nc2ccc(SC3CC(=O)N(c4ccc(I)cc4)C3=O)cc2)cc1. The minimum absolute atomic E-state index is 0.0622. The third-order valence-corrected chi connectivity index (χ3v) is 8.53. The molecular formula is C34H28IN3O5S. The fourth-order valence-electron chi connectivity index (χ4n) is 4.47. The van der Waals surface area contributed by atoms with Gasteiger partial charge in [0.05, 0.1) is 17.5 Å². The number of amides is 4. The van der Waals surface area contributed by atoms with Crippen LogP contribution in [0, 0.1) is 3.57 Å². The van der Waals surface area contributed by atoms with Crippen molar-refractivity contribution in [2.24, 2.45) is 0 Å². The van der Waals surface area contributed by atoms with Crippen molar-refractivity contribution in [3.8, 4) is 5.75 Å². The van der Waals surface area contributed by atoms with Crippen LogP contribution < -0.4 is 20.3 Å². The number of rotatable bonds is 10. The predicted molar refractivity (Wildman–Crippen MR) is 180 cm³/mol. The van der Waals surface area contributed by atoms with E-state index in [1.807, 2.05) is 25.1 Å². The van der Waals surface area contributed by atoms with Gasteiger partial charge in [0.15, 0.2) is 0 Å². The van der Waals surface area contributed by atoms with E-state index in [9.17, 15) is 19.2 Å². The number of carbonyl (C=O) groups excluding carboxylic acids is 4. The van der Waals surface area contributed by atoms with Gasteiger partial charge in [-0.05, 0) is 114 Å². The Morgan fingerprint density at radius 3 is 2.27 bits per heavy atom. The zero-order valence-corrected chi connectivity index (χ0v) is 26.6. The number of halogens is 1. The van der Waals surface area contributed by atoms with E-state index in [-0.39, 0.29) is 23.9 Å². The maximum atomic E-state index is 13.4. The molecule has 10 heteroatoms. The molecule has 0 spiro atoms. The minimum atomic E-state index is -0.543. The maximum Gasteiger partial charge on any atom is 0.272 e. The highest BCUT2D eigenvalue weighted by molar-refractivity contribution is 14.1. The Kier molecular flexibility index (Phi) is 10.1. The van der Waals surface area contributed by atoms with Gasteiger partial charge in [-0.15, -0.1) is 11.8 Å². The molecule has 1 fully saturated rings. The summed E-state index contributed by atoms with van der Waals surface area (Å²) < 4.78 is 6.51. The van der Waals surface area contributed by atoms with Gasteiger partial charge in [-0.3, -0.25) is 19.2 Å². The van der Waals surface area contributed by atoms with E-state index < -0.39 is 17.1 Å². The minimum Gasteiger partial charge on any atom is -0.494 e. The Morgan fingerprint density at radius 1 is 0.932 bits per heavy atom. The third kappa shape index (κ3) is 7.74. The second kappa shape index (κ2) is 14.4. The first kappa shape index (κ1) is 31.0. The summed E-state index contributed by atoms with van der Waals surface area (Å²) >= 11 is 3.48. The first-order valence-corrected chi connectivity index (χ1v) is 15.8. The Bertz CT molecular complexity index is 1690. The van der Waals surface area contributed by atoms with Gasteiger partial charge in [-0.25, -0.2) is 4.90 Å². The van der Waals surface area contributed by atoms with Crippen molar-refractivity contribution in [1.82, 2.24) is 5.32 Å². The molecule has 1 atom stereocenters. The van der Waals surface area contributed by atoms with E-state index in [0.717, 1.165) is 8.47 Å². The molecular weight excluding hydrogens is 689 g/mol. The highest BCUT2D eigenvalue weighted by Gasteiger charge is 2.40. The molecule has 0 aliphatic carbocycles. The molecule has 0 saturated carbocycles. The quantitative estimate of drug-likeness (QED) is 0.110. The summed E-state index contributed by atoms with van der Waals surface area (Å²) in [7, 11) is 0. The number of carbonyl (C=O) groups is 4. The molecule has 1 aliphatic rings. The number of anilines is 2. The summed E-state index contributed by atoms with van der Waals surface area (Å²) in [6, 6.07) is 30.1. The van der Waals surface area contributed by atoms with E-state index >= 15 is 0 Å². The average Bonchev–Trinajstić information content (AvgIpc) is 3.31. The number of nitrogens with zero attached hydrogens (tertiary/aromatic N) is 1. The topological polar surface area (TPSA) is 105 Å². The predicted octanol–water partition coefficient (Wildman–Crippen LogP) is 6.52. The normalized spacial score (nSPS) is 14.8. The van der Waals surface area contributed by atoms with Crippen molar-refractivity contribution in [1.29, 1.82) is 0 Å². The van der Waals surface area contributed by atoms with E-state index in [1.54, 1.807) is 91.0 Å². The van der Waals surface area contributed by atoms with Crippen LogP contribution in [0.15, 0.2) is 114 Å². The second-order valence-electron chi connectivity index (χ2n) is 9.71. The Labute approximate surface area is 273 Å². The highest BCUT2D eigenvalue weighted by Crippen LogP contribution is 2.34. The zero-order chi connectivity index (χ0) is 31.1. The van der Waals surface area contributed by atoms with Crippen LogP contribution in [0.25, 0.3) is 6.08 Å². The molecule has 222 valence electrons. The van der Waals surface area contributed by atoms with Gasteiger partial charge in [0.2, 0.25) is 11.8 Å². The Balaban J connectivity index is 1.28. The average molecular weight is 718 g/mol. The monoisotopic (exact) mass is 717 g/mol. The van der Waals surface area contributed by atoms with Gasteiger partial charge >= 0.3 is 0 Å². The summed E-state index contributed by atoms with van der Waals surface area (Å²) in [4.78, 5) is 54.0. The van der Waals surface area contributed by atoms with Crippen LogP contribution in [0.2, 0.25) is 0 Å². The van der Waals surface area contributed by atoms with Gasteiger partial charge in [-0.1, -0.05) is 30.3 Å². The van der Waals surface area contributed by atoms with Crippen LogP contribution in [0.3, 0.4) is 0 Å². The lowest BCUT2D eigenvalue weighted by molar-refractivity contribution is -0.121. The Hall–Kier alpha value is -4.42. The number of hydrogen-bond donors (Lipinski definition) is 2. The molecule has 1 unspecified atom stereocenters. The second-order valence-corrected chi connectivity index (χ2v) is 12.2. The highest BCUT2D eigenvalue weighted by atomic mass is 127. The number of imide groups is 1. The number of ether oxygens (including phenoxy) is 1. The fraction of sp³-hybridized carbons (Fsp3) is 0.118. The van der Waals surface area contributed by atoms with Crippen molar-refractivity contribution < 1.29 is 23.9 Å². The van der Waals surface area contributed by atoms with Gasteiger partial charge < -0.3 is 15.4 Å². The maximum absolute atomic E-state index is 13.4. The van der Waals surface area contributed by atoms with Crippen LogP contribution in [0.4, 0.5) is 11.4 Å². The first-order valence-electron chi connectivity index (χ1n) is 13.8. The molecule has 2 N–H and O–H groups in total. The van der Waals surface area contributed by atoms with Gasteiger partial charge in [0, 0.05) is 26.1 Å². The molecule has 1 heterocycles. The third-order valence-electron chi connectivity index (χ3n) is 6.61. The zero-order valence-electron chi connectivity index (χ0n) is 23.7. The van der Waals surface area contributed by atoms with Crippen molar-refractivity contribution in [3.05, 3.63) is 124 Å². The van der Waals surface area contributed by atoms with Crippen LogP contribution in [-0.2, 0) is 14.4 Å². The van der Waals surface area contributed by atoms with Gasteiger partial charge in [-0.2, -0.15) is 0 Å². The summed E-state index contributed by atoms with van der Waals surface area (Å²) in [5, 5.41) is 5.02. The van der Waals surface area contributed by atoms with Gasteiger partial charge in [0.25, 0.3) is 11.8 Å². The van der Waals surface area contributed by atoms with E-state index in [4.69, 9.17) is 4.74 Å². The number of nitrogens with one attached hydrogen (secondary N) is 2. The fourth-order valence-corrected chi connectivity index (χ4v) is 5.89. The summed E-state index contributed by atoms with van der Waals surface area (Å²) in [6.07, 6.45) is 1.70. The lowest BCUT2D eigenvalue weighted by atomic mass is 10.1. The first-order chi connectivity index (χ1) is 21.3. The standard InChI is InChI=1S/C34H28IN3O5S/c1-2-43-27-16-8-22(9-17-27)20-29(37-32(40)23-6-4-3-5-7-23)33(41)36-25-12-18-28(19-13-25)44-30-21-31(39)38(34(30)42)26-14-10-24(35)11-15-26/h3-20,30H,2,21H2,1H3,(H,36,41)(H,37,40)/b29-20-. The summed E-state index contributed by atoms with van der Waals surface area (Å²) in [5.41, 5.74) is 2.25. The molecule has 0 bridgehead atoms. The number of thioether (sulfide) groups is 1. The molecule has 4 aromatic carbocycles. The molecule has 4 aromatic rings. The summed E-state index contributed by atoms with van der Waals surface area (Å²) in [6.45, 7) is 2.43. The largest absolute Gasteiger partial charge is 0.494 e. The van der Waals surface area contributed by atoms with E-state index in [0.29, 0.717) is 34.9 Å². The summed E-state index contributed by atoms with van der Waals surface area (Å²) in [5.74, 6) is -0.708. The molecule has 8 nitrogen and oxygen atoms in total. The lowest BCUT2D eigenvalue weighted by Crippen LogP contribution is -2.31. The van der Waals surface area contributed by atoms with E-state index in [1.165, 1.54) is 16.7 Å². The molecule has 5 rings (SSSR count). The molecule has 44 heavy (non-hydrogen) atoms. The smallest absolute Gasteiger partial charge is 0.272 e. The van der Waals surface area contributed by atoms with Crippen LogP contribution in [0.1, 0.15) is 29.3 Å². The van der Waals surface area contributed by atoms with Gasteiger partial charge in [0.1, 0.15) is 11.4 Å². The van der Waals surface area contributed by atoms with E-state index in [2.05, 4.69) is 33.2 Å². The van der Waals surface area contributed by atoms with Crippen LogP contribution in [0.5, 0.6) is 5.75 Å². The molecule has 1 aliphatic heterocycles. The number of hydrogen-bond acceptors (Lipinski definition) is 6. The van der Waals surface area contributed by atoms with Crippen molar-refractivity contribution in [3.63, 3.8) is 0 Å². The molecule has 4 amide bonds. The van der Waals surface area contributed by atoms with Crippen molar-refractivity contribution in [2.45, 2.75) is 23.5 Å². The van der Waals surface area contributed by atoms with Crippen molar-refractivity contribution >= 4 is 75.4 Å². The Morgan fingerprint density at radius 2 is 1.61 bits per heavy atom. The lowest BCUT2D eigenvalue weighted by Gasteiger charge is -2.15. The van der Waals surface area contributed by atoms with Crippen LogP contribution in [-0.4, -0.2) is 35.5 Å². The van der Waals surface area contributed by atoms with Crippen molar-refractivity contribution in [2.75, 3.05) is 16.8 Å². The van der Waals surface area contributed by atoms with Crippen LogP contribution >= 0.6 is 34.4 Å². The molecule has 1 saturated heterocycles.